The van der Waals surface area contributed by atoms with E-state index in [9.17, 15) is 9.59 Å². The Morgan fingerprint density at radius 3 is 1.60 bits per heavy atom. The second-order valence-corrected chi connectivity index (χ2v) is 11.0. The number of carbonyl (C=O) groups is 2. The van der Waals surface area contributed by atoms with E-state index < -0.39 is 5.97 Å². The standard InChI is InChI=1S/C36H62O4/c1-3-5-7-9-11-13-14-15-16-17-18-19-21-23-29-33-36(39)40-34(31-27-24-25-28-32-35(37)38)30-26-22-20-12-10-8-6-4-2/h5,7,11,13,15-16,18-19,34H,3-4,6,8-10,12,14,17,20-33H2,1-2H3,(H,37,38)/b7-5-,13-11-,16-15-,19-18-. The fourth-order valence-electron chi connectivity index (χ4n) is 4.64. The Morgan fingerprint density at radius 2 is 1.05 bits per heavy atom. The number of rotatable bonds is 29. The van der Waals surface area contributed by atoms with Crippen LogP contribution in [0.1, 0.15) is 162 Å². The quantitative estimate of drug-likeness (QED) is 0.0563. The average Bonchev–Trinajstić information content (AvgIpc) is 2.93. The van der Waals surface area contributed by atoms with Crippen LogP contribution in [0.15, 0.2) is 48.6 Å². The number of carboxylic acid groups (broad SMARTS) is 1. The summed E-state index contributed by atoms with van der Waals surface area (Å²) < 4.78 is 5.90. The molecule has 1 N–H and O–H groups in total. The predicted octanol–water partition coefficient (Wildman–Crippen LogP) is 11.2. The summed E-state index contributed by atoms with van der Waals surface area (Å²) in [5.74, 6) is -0.774. The molecule has 0 bridgehead atoms. The summed E-state index contributed by atoms with van der Waals surface area (Å²) in [5, 5.41) is 8.80. The van der Waals surface area contributed by atoms with Crippen molar-refractivity contribution in [3.63, 3.8) is 0 Å². The topological polar surface area (TPSA) is 63.6 Å². The van der Waals surface area contributed by atoms with Crippen molar-refractivity contribution in [2.75, 3.05) is 0 Å². The molecule has 0 saturated heterocycles. The first kappa shape index (κ1) is 37.9. The molecule has 1 atom stereocenters. The van der Waals surface area contributed by atoms with Crippen molar-refractivity contribution in [3.05, 3.63) is 48.6 Å². The summed E-state index contributed by atoms with van der Waals surface area (Å²) in [6.45, 7) is 4.40. The molecule has 0 fully saturated rings. The number of aliphatic carboxylic acids is 1. The summed E-state index contributed by atoms with van der Waals surface area (Å²) in [4.78, 5) is 23.2. The normalized spacial score (nSPS) is 12.8. The van der Waals surface area contributed by atoms with Crippen molar-refractivity contribution in [1.29, 1.82) is 0 Å². The van der Waals surface area contributed by atoms with Crippen molar-refractivity contribution in [2.45, 2.75) is 168 Å². The van der Waals surface area contributed by atoms with Gasteiger partial charge in [0.15, 0.2) is 0 Å². The summed E-state index contributed by atoms with van der Waals surface area (Å²) in [7, 11) is 0. The summed E-state index contributed by atoms with van der Waals surface area (Å²) in [6, 6.07) is 0. The lowest BCUT2D eigenvalue weighted by molar-refractivity contribution is -0.150. The van der Waals surface area contributed by atoms with E-state index >= 15 is 0 Å². The molecule has 0 aromatic carbocycles. The average molecular weight is 559 g/mol. The summed E-state index contributed by atoms with van der Waals surface area (Å²) in [5.41, 5.74) is 0. The van der Waals surface area contributed by atoms with Gasteiger partial charge in [-0.3, -0.25) is 9.59 Å². The van der Waals surface area contributed by atoms with E-state index in [-0.39, 0.29) is 18.5 Å². The van der Waals surface area contributed by atoms with Gasteiger partial charge in [0.25, 0.3) is 0 Å². The van der Waals surface area contributed by atoms with Crippen LogP contribution in [0.4, 0.5) is 0 Å². The van der Waals surface area contributed by atoms with E-state index in [0.717, 1.165) is 89.9 Å². The van der Waals surface area contributed by atoms with Gasteiger partial charge in [-0.2, -0.15) is 0 Å². The molecule has 4 heteroatoms. The Kier molecular flexibility index (Phi) is 29.8. The monoisotopic (exact) mass is 558 g/mol. The number of carbonyl (C=O) groups excluding carboxylic acids is 1. The fourth-order valence-corrected chi connectivity index (χ4v) is 4.64. The Hall–Kier alpha value is -2.10. The zero-order chi connectivity index (χ0) is 29.4. The summed E-state index contributed by atoms with van der Waals surface area (Å²) >= 11 is 0. The number of hydrogen-bond acceptors (Lipinski definition) is 3. The largest absolute Gasteiger partial charge is 0.481 e. The Morgan fingerprint density at radius 1 is 0.575 bits per heavy atom. The molecule has 0 saturated carbocycles. The zero-order valence-corrected chi connectivity index (χ0v) is 26.1. The number of hydrogen-bond donors (Lipinski definition) is 1. The second-order valence-electron chi connectivity index (χ2n) is 11.0. The van der Waals surface area contributed by atoms with Crippen LogP contribution in [0, 0.1) is 0 Å². The highest BCUT2D eigenvalue weighted by molar-refractivity contribution is 5.69. The minimum Gasteiger partial charge on any atom is -0.481 e. The number of carboxylic acids is 1. The molecular formula is C36H62O4. The molecule has 0 aromatic rings. The molecule has 0 heterocycles. The second kappa shape index (κ2) is 31.4. The minimum atomic E-state index is -0.719. The molecule has 0 spiro atoms. The van der Waals surface area contributed by atoms with E-state index in [2.05, 4.69) is 62.5 Å². The number of unbranched alkanes of at least 4 members (excludes halogenated alkanes) is 12. The summed E-state index contributed by atoms with van der Waals surface area (Å²) in [6.07, 6.45) is 41.1. The molecule has 0 radical (unpaired) electrons. The lowest BCUT2D eigenvalue weighted by Crippen LogP contribution is -2.18. The molecule has 1 unspecified atom stereocenters. The molecule has 0 aromatic heterocycles. The lowest BCUT2D eigenvalue weighted by Gasteiger charge is -2.18. The third-order valence-corrected chi connectivity index (χ3v) is 7.07. The highest BCUT2D eigenvalue weighted by Gasteiger charge is 2.14. The Bertz CT molecular complexity index is 689. The van der Waals surface area contributed by atoms with Gasteiger partial charge in [0.2, 0.25) is 0 Å². The Balaban J connectivity index is 4.10. The zero-order valence-electron chi connectivity index (χ0n) is 26.1. The van der Waals surface area contributed by atoms with Gasteiger partial charge in [-0.25, -0.2) is 0 Å². The fraction of sp³-hybridized carbons (Fsp3) is 0.722. The van der Waals surface area contributed by atoms with E-state index in [0.29, 0.717) is 6.42 Å². The highest BCUT2D eigenvalue weighted by atomic mass is 16.5. The first-order valence-corrected chi connectivity index (χ1v) is 16.6. The number of esters is 1. The van der Waals surface area contributed by atoms with Gasteiger partial charge in [-0.1, -0.05) is 120 Å². The van der Waals surface area contributed by atoms with Crippen LogP contribution >= 0.6 is 0 Å². The van der Waals surface area contributed by atoms with Crippen molar-refractivity contribution >= 4 is 11.9 Å². The molecule has 230 valence electrons. The third-order valence-electron chi connectivity index (χ3n) is 7.07. The van der Waals surface area contributed by atoms with Gasteiger partial charge < -0.3 is 9.84 Å². The van der Waals surface area contributed by atoms with Crippen LogP contribution in [0.5, 0.6) is 0 Å². The number of allylic oxidation sites excluding steroid dienone is 8. The molecule has 0 aliphatic carbocycles. The molecule has 4 nitrogen and oxygen atoms in total. The molecule has 0 aliphatic heterocycles. The van der Waals surface area contributed by atoms with Crippen LogP contribution in [0.3, 0.4) is 0 Å². The van der Waals surface area contributed by atoms with Crippen LogP contribution in [0.25, 0.3) is 0 Å². The van der Waals surface area contributed by atoms with Crippen molar-refractivity contribution in [1.82, 2.24) is 0 Å². The lowest BCUT2D eigenvalue weighted by atomic mass is 10.0. The molecule has 40 heavy (non-hydrogen) atoms. The SMILES string of the molecule is CC/C=C\C/C=C\C/C=C\C/C=C\CCCCC(=O)OC(CCCCCCCCCC)CCCCCCC(=O)O. The van der Waals surface area contributed by atoms with Crippen molar-refractivity contribution in [3.8, 4) is 0 Å². The van der Waals surface area contributed by atoms with Gasteiger partial charge in [-0.15, -0.1) is 0 Å². The van der Waals surface area contributed by atoms with E-state index in [1.807, 2.05) is 0 Å². The molecule has 0 rings (SSSR count). The van der Waals surface area contributed by atoms with E-state index in [4.69, 9.17) is 9.84 Å². The smallest absolute Gasteiger partial charge is 0.306 e. The van der Waals surface area contributed by atoms with Gasteiger partial charge in [0, 0.05) is 12.8 Å². The maximum atomic E-state index is 12.5. The van der Waals surface area contributed by atoms with Gasteiger partial charge in [0.05, 0.1) is 0 Å². The predicted molar refractivity (Wildman–Crippen MR) is 172 cm³/mol. The van der Waals surface area contributed by atoms with Gasteiger partial charge >= 0.3 is 11.9 Å². The number of ether oxygens (including phenoxy) is 1. The first-order chi connectivity index (χ1) is 19.6. The van der Waals surface area contributed by atoms with Crippen molar-refractivity contribution in [2.24, 2.45) is 0 Å². The van der Waals surface area contributed by atoms with Crippen LogP contribution in [-0.2, 0) is 14.3 Å². The van der Waals surface area contributed by atoms with Gasteiger partial charge in [-0.05, 0) is 77.0 Å². The van der Waals surface area contributed by atoms with E-state index in [1.54, 1.807) is 0 Å². The highest BCUT2D eigenvalue weighted by Crippen LogP contribution is 2.18. The van der Waals surface area contributed by atoms with Gasteiger partial charge in [0.1, 0.15) is 6.10 Å². The third kappa shape index (κ3) is 30.4. The van der Waals surface area contributed by atoms with Crippen LogP contribution in [-0.4, -0.2) is 23.1 Å². The van der Waals surface area contributed by atoms with Crippen LogP contribution < -0.4 is 0 Å². The molecular weight excluding hydrogens is 496 g/mol. The minimum absolute atomic E-state index is 0.0152. The maximum Gasteiger partial charge on any atom is 0.306 e. The van der Waals surface area contributed by atoms with Crippen LogP contribution in [0.2, 0.25) is 0 Å². The molecule has 0 amide bonds. The Labute approximate surface area is 247 Å². The molecule has 0 aliphatic rings. The first-order valence-electron chi connectivity index (χ1n) is 16.6. The maximum absolute atomic E-state index is 12.5. The van der Waals surface area contributed by atoms with Crippen molar-refractivity contribution < 1.29 is 19.4 Å². The van der Waals surface area contributed by atoms with E-state index in [1.165, 1.54) is 44.9 Å².